The van der Waals surface area contributed by atoms with E-state index in [0.29, 0.717) is 0 Å². The maximum Gasteiger partial charge on any atom is 0.0886 e. The van der Waals surface area contributed by atoms with E-state index in [1.807, 2.05) is 36.4 Å². The summed E-state index contributed by atoms with van der Waals surface area (Å²) in [6.07, 6.45) is 3.54. The molecule has 0 aliphatic heterocycles. The molecule has 2 rings (SSSR count). The minimum absolute atomic E-state index is 0.915. The van der Waals surface area contributed by atoms with Gasteiger partial charge in [-0.25, -0.2) is 0 Å². The molecule has 0 saturated carbocycles. The Labute approximate surface area is 132 Å². The Morgan fingerprint density at radius 1 is 0.818 bits per heavy atom. The zero-order chi connectivity index (χ0) is 17.3. The summed E-state index contributed by atoms with van der Waals surface area (Å²) >= 11 is -10.2. The number of aromatic nitrogens is 2. The molecule has 0 unspecified atom stereocenters. The molecule has 0 bridgehead atoms. The van der Waals surface area contributed by atoms with E-state index < -0.39 is 35.2 Å². The van der Waals surface area contributed by atoms with Gasteiger partial charge in [0.15, 0.2) is 0 Å². The minimum Gasteiger partial charge on any atom is -0.255 e. The molecule has 0 aliphatic carbocycles. The largest absolute Gasteiger partial charge is 0.255 e. The molecule has 0 atom stereocenters. The number of hydrogen-bond donors (Lipinski definition) is 5. The molecule has 0 amide bonds. The van der Waals surface area contributed by atoms with E-state index in [-0.39, 0.29) is 0 Å². The van der Waals surface area contributed by atoms with Gasteiger partial charge in [0, 0.05) is 12.4 Å². The van der Waals surface area contributed by atoms with Crippen molar-refractivity contribution in [2.75, 3.05) is 0 Å². The summed E-state index contributed by atoms with van der Waals surface area (Å²) in [4.78, 5) is 8.37. The average molecular weight is 517 g/mol. The second kappa shape index (κ2) is 7.52. The van der Waals surface area contributed by atoms with E-state index in [2.05, 4.69) is 9.97 Å². The fraction of sp³-hybridized carbons (Fsp3) is 0. The van der Waals surface area contributed by atoms with Crippen LogP contribution in [0, 0.1) is 0 Å². The Morgan fingerprint density at radius 2 is 1.09 bits per heavy atom. The Morgan fingerprint density at radius 3 is 1.27 bits per heavy atom. The van der Waals surface area contributed by atoms with Crippen molar-refractivity contribution in [1.82, 2.24) is 9.97 Å². The molecule has 22 heavy (non-hydrogen) atoms. The normalized spacial score (nSPS) is 13.4. The first kappa shape index (κ1) is 21.0. The standard InChI is InChI=1S/C10H8N2.H5IO6.2O.Ru/c1-3-7-11-9(5-1)10-6-2-4-8-12-10;2-1(3,4,5,6)7;;;/h1-8H;2-6H;;;. The second-order valence-electron chi connectivity index (χ2n) is 3.59. The zero-order valence-corrected chi connectivity index (χ0v) is 14.6. The third kappa shape index (κ3) is 17.1. The molecule has 0 aliphatic rings. The number of hydrogen-bond acceptors (Lipinski definition) is 10. The minimum atomic E-state index is -8.37. The monoisotopic (exact) mass is 518 g/mol. The van der Waals surface area contributed by atoms with E-state index in [1.165, 1.54) is 0 Å². The Balaban J connectivity index is 0.000000379. The quantitative estimate of drug-likeness (QED) is 0.181. The van der Waals surface area contributed by atoms with Crippen LogP contribution in [0.15, 0.2) is 48.8 Å². The molecule has 2 aromatic heterocycles. The molecule has 0 radical (unpaired) electrons. The molecule has 0 spiro atoms. The Bertz CT molecular complexity index is 562. The summed E-state index contributed by atoms with van der Waals surface area (Å²) in [5.41, 5.74) is 1.83. The van der Waals surface area contributed by atoms with Gasteiger partial charge in [-0.2, -0.15) is 0 Å². The van der Waals surface area contributed by atoms with Crippen LogP contribution < -0.4 is 21.6 Å². The van der Waals surface area contributed by atoms with Crippen LogP contribution in [-0.4, -0.2) is 27.1 Å². The van der Waals surface area contributed by atoms with Crippen molar-refractivity contribution in [2.45, 2.75) is 0 Å². The third-order valence-corrected chi connectivity index (χ3v) is 1.59. The molecular formula is C10H13IN2O8Ru. The maximum absolute atomic E-state index is 9.22. The zero-order valence-electron chi connectivity index (χ0n) is 10.7. The van der Waals surface area contributed by atoms with Crippen molar-refractivity contribution in [3.05, 3.63) is 48.8 Å². The van der Waals surface area contributed by atoms with Gasteiger partial charge in [-0.1, -0.05) is 12.1 Å². The number of nitrogens with zero attached hydrogens (tertiary/aromatic N) is 2. The predicted molar refractivity (Wildman–Crippen MR) is 59.9 cm³/mol. The molecule has 2 heterocycles. The van der Waals surface area contributed by atoms with Crippen molar-refractivity contribution in [3.8, 4) is 11.4 Å². The molecular weight excluding hydrogens is 504 g/mol. The Hall–Kier alpha value is -0.987. The maximum atomic E-state index is 9.22. The molecule has 0 fully saturated rings. The summed E-state index contributed by atoms with van der Waals surface area (Å²) < 4.78 is 62.6. The van der Waals surface area contributed by atoms with Crippen LogP contribution in [-0.2, 0) is 24.2 Å². The molecule has 0 aromatic carbocycles. The first-order valence-electron chi connectivity index (χ1n) is 5.08. The molecule has 12 heteroatoms. The Kier molecular flexibility index (Phi) is 7.18. The average Bonchev–Trinajstić information content (AvgIpc) is 2.38. The number of pyridine rings is 2. The van der Waals surface area contributed by atoms with Gasteiger partial charge in [-0.15, -0.1) is 0 Å². The van der Waals surface area contributed by atoms with Crippen LogP contribution in [0.1, 0.15) is 0 Å². The van der Waals surface area contributed by atoms with E-state index in [0.717, 1.165) is 11.4 Å². The van der Waals surface area contributed by atoms with Crippen molar-refractivity contribution >= 4 is 0 Å². The SMILES string of the molecule is [O-][I+](O)(O)(O)(O)O.[O]=[Ru]=[O].c1ccc(-c2ccccn2)nc1. The second-order valence-corrected chi connectivity index (χ2v) is 10.2. The van der Waals surface area contributed by atoms with Crippen LogP contribution in [0.4, 0.5) is 0 Å². The third-order valence-electron chi connectivity index (χ3n) is 1.59. The van der Waals surface area contributed by atoms with Gasteiger partial charge >= 0.3 is 62.9 Å². The molecule has 10 nitrogen and oxygen atoms in total. The van der Waals surface area contributed by atoms with Crippen molar-refractivity contribution in [1.29, 1.82) is 0 Å². The van der Waals surface area contributed by atoms with Gasteiger partial charge in [-0.3, -0.25) is 9.97 Å². The van der Waals surface area contributed by atoms with Gasteiger partial charge in [0.1, 0.15) is 0 Å². The van der Waals surface area contributed by atoms with Crippen molar-refractivity contribution in [3.63, 3.8) is 0 Å². The number of halogens is 1. The van der Waals surface area contributed by atoms with Gasteiger partial charge in [0.25, 0.3) is 0 Å². The molecule has 2 aromatic rings. The van der Waals surface area contributed by atoms with E-state index in [9.17, 15) is 3.44 Å². The van der Waals surface area contributed by atoms with Crippen LogP contribution >= 0.6 is 0 Å². The first-order chi connectivity index (χ1) is 9.83. The molecule has 126 valence electrons. The topological polar surface area (TPSA) is 184 Å². The van der Waals surface area contributed by atoms with E-state index in [4.69, 9.17) is 24.3 Å². The molecule has 0 saturated heterocycles. The van der Waals surface area contributed by atoms with Gasteiger partial charge in [0.05, 0.1) is 11.4 Å². The van der Waals surface area contributed by atoms with Gasteiger partial charge in [-0.05, 0) is 24.3 Å². The van der Waals surface area contributed by atoms with Crippen LogP contribution in [0.3, 0.4) is 0 Å². The van der Waals surface area contributed by atoms with Crippen LogP contribution in [0.2, 0.25) is 0 Å². The van der Waals surface area contributed by atoms with Gasteiger partial charge in [0.2, 0.25) is 0 Å². The molecule has 5 N–H and O–H groups in total. The fourth-order valence-corrected chi connectivity index (χ4v) is 1.03. The van der Waals surface area contributed by atoms with Crippen LogP contribution in [0.5, 0.6) is 0 Å². The smallest absolute Gasteiger partial charge is 0.0886 e. The summed E-state index contributed by atoms with van der Waals surface area (Å²) in [5, 5.41) is 0. The van der Waals surface area contributed by atoms with E-state index >= 15 is 0 Å². The predicted octanol–water partition coefficient (Wildman–Crippen LogP) is -5.07. The van der Waals surface area contributed by atoms with Crippen molar-refractivity contribution in [2.24, 2.45) is 0 Å². The van der Waals surface area contributed by atoms with Crippen LogP contribution in [0.25, 0.3) is 11.4 Å². The van der Waals surface area contributed by atoms with Gasteiger partial charge < -0.3 is 0 Å². The summed E-state index contributed by atoms with van der Waals surface area (Å²) in [6.45, 7) is 0. The fourth-order valence-electron chi connectivity index (χ4n) is 1.03. The summed E-state index contributed by atoms with van der Waals surface area (Å²) in [5.74, 6) is 0. The van der Waals surface area contributed by atoms with E-state index in [1.54, 1.807) is 12.4 Å². The van der Waals surface area contributed by atoms with Crippen molar-refractivity contribution < 1.29 is 62.9 Å². The number of rotatable bonds is 1. The first-order valence-corrected chi connectivity index (χ1v) is 12.2. The summed E-state index contributed by atoms with van der Waals surface area (Å²) in [6, 6.07) is 11.6. The summed E-state index contributed by atoms with van der Waals surface area (Å²) in [7, 11) is 0.